The van der Waals surface area contributed by atoms with E-state index in [1.54, 1.807) is 10.7 Å². The Balaban J connectivity index is 1.22. The monoisotopic (exact) mass is 548 g/mol. The van der Waals surface area contributed by atoms with Crippen molar-refractivity contribution in [2.24, 2.45) is 0 Å². The Kier molecular flexibility index (Phi) is 5.70. The lowest BCUT2D eigenvalue weighted by Crippen LogP contribution is -2.42. The highest BCUT2D eigenvalue weighted by atomic mass is 79.9. The Hall–Kier alpha value is -3.36. The zero-order valence-electron chi connectivity index (χ0n) is 18.7. The van der Waals surface area contributed by atoms with Crippen LogP contribution < -0.4 is 5.32 Å². The number of likely N-dealkylation sites (tertiary alicyclic amines) is 1. The Morgan fingerprint density at radius 2 is 1.89 bits per heavy atom. The second-order valence-electron chi connectivity index (χ2n) is 8.69. The van der Waals surface area contributed by atoms with Gasteiger partial charge < -0.3 is 15.2 Å². The van der Waals surface area contributed by atoms with E-state index in [-0.39, 0.29) is 11.9 Å². The molecule has 0 atom stereocenters. The van der Waals surface area contributed by atoms with Crippen LogP contribution in [0, 0.1) is 0 Å². The molecule has 1 fully saturated rings. The summed E-state index contributed by atoms with van der Waals surface area (Å²) < 4.78 is 2.61. The average Bonchev–Trinajstić information content (AvgIpc) is 3.48. The van der Waals surface area contributed by atoms with E-state index in [4.69, 9.17) is 16.6 Å². The summed E-state index contributed by atoms with van der Waals surface area (Å²) in [6.07, 6.45) is 5.23. The maximum Gasteiger partial charge on any atom is 0.256 e. The summed E-state index contributed by atoms with van der Waals surface area (Å²) in [6.45, 7) is 1.37. The molecule has 1 aliphatic heterocycles. The number of piperidine rings is 1. The van der Waals surface area contributed by atoms with Gasteiger partial charge in [0, 0.05) is 52.9 Å². The number of amides is 1. The van der Waals surface area contributed by atoms with Crippen LogP contribution in [0.5, 0.6) is 0 Å². The van der Waals surface area contributed by atoms with Crippen LogP contribution in [-0.2, 0) is 0 Å². The highest BCUT2D eigenvalue weighted by Crippen LogP contribution is 2.31. The molecule has 4 heterocycles. The smallest absolute Gasteiger partial charge is 0.256 e. The summed E-state index contributed by atoms with van der Waals surface area (Å²) in [6, 6.07) is 17.8. The maximum atomic E-state index is 13.2. The van der Waals surface area contributed by atoms with Crippen LogP contribution in [0.25, 0.3) is 27.8 Å². The lowest BCUT2D eigenvalue weighted by molar-refractivity contribution is 0.0720. The zero-order chi connectivity index (χ0) is 23.9. The number of nitrogens with one attached hydrogen (secondary N) is 2. The third-order valence-electron chi connectivity index (χ3n) is 6.53. The first-order chi connectivity index (χ1) is 17.1. The van der Waals surface area contributed by atoms with Crippen LogP contribution in [-0.4, -0.2) is 49.5 Å². The molecule has 9 heteroatoms. The zero-order valence-corrected chi connectivity index (χ0v) is 21.1. The minimum absolute atomic E-state index is 0.0733. The fourth-order valence-electron chi connectivity index (χ4n) is 4.70. The van der Waals surface area contributed by atoms with E-state index < -0.39 is 0 Å². The van der Waals surface area contributed by atoms with E-state index in [1.165, 1.54) is 0 Å². The molecule has 35 heavy (non-hydrogen) atoms. The summed E-state index contributed by atoms with van der Waals surface area (Å²) in [4.78, 5) is 23.1. The van der Waals surface area contributed by atoms with Crippen molar-refractivity contribution in [1.82, 2.24) is 24.5 Å². The minimum Gasteiger partial charge on any atom is -0.367 e. The SMILES string of the molecule is O=C(c1c[nH]c2ccccc12)N1CCC(Nc2cc(-c3ccccc3Cl)nc3c(Br)cnn23)CC1. The van der Waals surface area contributed by atoms with Gasteiger partial charge in [-0.15, -0.1) is 0 Å². The summed E-state index contributed by atoms with van der Waals surface area (Å²) in [5, 5.41) is 9.75. The van der Waals surface area contributed by atoms with Crippen LogP contribution in [0.1, 0.15) is 23.2 Å². The van der Waals surface area contributed by atoms with Crippen LogP contribution in [0.15, 0.2) is 71.5 Å². The first-order valence-corrected chi connectivity index (χ1v) is 12.7. The second kappa shape index (κ2) is 9.02. The largest absolute Gasteiger partial charge is 0.367 e. The van der Waals surface area contributed by atoms with Crippen molar-refractivity contribution in [1.29, 1.82) is 0 Å². The molecule has 1 amide bonds. The van der Waals surface area contributed by atoms with E-state index in [1.807, 2.05) is 65.7 Å². The molecule has 1 aliphatic rings. The van der Waals surface area contributed by atoms with Crippen molar-refractivity contribution in [3.63, 3.8) is 0 Å². The number of aromatic nitrogens is 4. The first kappa shape index (κ1) is 22.1. The average molecular weight is 550 g/mol. The van der Waals surface area contributed by atoms with Crippen molar-refractivity contribution in [2.75, 3.05) is 18.4 Å². The first-order valence-electron chi connectivity index (χ1n) is 11.5. The van der Waals surface area contributed by atoms with Crippen molar-refractivity contribution in [3.05, 3.63) is 82.0 Å². The Morgan fingerprint density at radius 1 is 1.11 bits per heavy atom. The quantitative estimate of drug-likeness (QED) is 0.288. The topological polar surface area (TPSA) is 78.3 Å². The number of benzene rings is 2. The van der Waals surface area contributed by atoms with E-state index in [9.17, 15) is 4.79 Å². The Bertz CT molecular complexity index is 1550. The molecule has 0 radical (unpaired) electrons. The summed E-state index contributed by atoms with van der Waals surface area (Å²) in [7, 11) is 0. The van der Waals surface area contributed by atoms with Gasteiger partial charge in [0.25, 0.3) is 5.91 Å². The normalized spacial score (nSPS) is 14.6. The Morgan fingerprint density at radius 3 is 2.71 bits per heavy atom. The number of hydrogen-bond acceptors (Lipinski definition) is 4. The molecular weight excluding hydrogens is 528 g/mol. The fraction of sp³-hybridized carbons (Fsp3) is 0.192. The summed E-state index contributed by atoms with van der Waals surface area (Å²) >= 11 is 10.0. The third-order valence-corrected chi connectivity index (χ3v) is 7.42. The van der Waals surface area contributed by atoms with Crippen LogP contribution in [0.3, 0.4) is 0 Å². The van der Waals surface area contributed by atoms with Gasteiger partial charge in [-0.3, -0.25) is 4.79 Å². The number of carbonyl (C=O) groups excluding carboxylic acids is 1. The molecule has 0 spiro atoms. The fourth-order valence-corrected chi connectivity index (χ4v) is 5.28. The van der Waals surface area contributed by atoms with Gasteiger partial charge >= 0.3 is 0 Å². The molecule has 176 valence electrons. The highest BCUT2D eigenvalue weighted by Gasteiger charge is 2.26. The van der Waals surface area contributed by atoms with E-state index >= 15 is 0 Å². The molecule has 0 saturated carbocycles. The number of rotatable bonds is 4. The number of nitrogens with zero attached hydrogens (tertiary/aromatic N) is 4. The second-order valence-corrected chi connectivity index (χ2v) is 9.95. The van der Waals surface area contributed by atoms with Gasteiger partial charge in [-0.2, -0.15) is 9.61 Å². The summed E-state index contributed by atoms with van der Waals surface area (Å²) in [5.74, 6) is 0.918. The van der Waals surface area contributed by atoms with Gasteiger partial charge in [-0.05, 0) is 40.9 Å². The molecule has 7 nitrogen and oxygen atoms in total. The molecule has 6 rings (SSSR count). The lowest BCUT2D eigenvalue weighted by atomic mass is 10.0. The predicted octanol–water partition coefficient (Wildman–Crippen LogP) is 6.01. The number of aromatic amines is 1. The molecular formula is C26H22BrClN6O. The highest BCUT2D eigenvalue weighted by molar-refractivity contribution is 9.10. The molecule has 5 aromatic rings. The minimum atomic E-state index is 0.0733. The molecule has 2 N–H and O–H groups in total. The molecule has 0 unspecified atom stereocenters. The third kappa shape index (κ3) is 4.06. The van der Waals surface area contributed by atoms with Crippen molar-refractivity contribution in [3.8, 4) is 11.3 Å². The molecule has 1 saturated heterocycles. The van der Waals surface area contributed by atoms with Gasteiger partial charge in [-0.25, -0.2) is 4.98 Å². The number of anilines is 1. The maximum absolute atomic E-state index is 13.2. The summed E-state index contributed by atoms with van der Waals surface area (Å²) in [5.41, 5.74) is 4.07. The number of halogens is 2. The molecule has 0 aliphatic carbocycles. The van der Waals surface area contributed by atoms with Crippen molar-refractivity contribution in [2.45, 2.75) is 18.9 Å². The van der Waals surface area contributed by atoms with Gasteiger partial charge in [0.1, 0.15) is 5.82 Å². The predicted molar refractivity (Wildman–Crippen MR) is 142 cm³/mol. The molecule has 0 bridgehead atoms. The van der Waals surface area contributed by atoms with Crippen LogP contribution >= 0.6 is 27.5 Å². The van der Waals surface area contributed by atoms with Crippen molar-refractivity contribution < 1.29 is 4.79 Å². The van der Waals surface area contributed by atoms with Gasteiger partial charge in [0.2, 0.25) is 0 Å². The number of H-pyrrole nitrogens is 1. The van der Waals surface area contributed by atoms with E-state index in [2.05, 4.69) is 31.3 Å². The Labute approximate surface area is 215 Å². The standard InChI is InChI=1S/C26H22BrClN6O/c27-20-15-30-34-24(13-23(32-25(20)34)18-6-1-3-7-21(18)28)31-16-9-11-33(12-10-16)26(35)19-14-29-22-8-4-2-5-17(19)22/h1-8,13-16,29,31H,9-12H2. The number of para-hydroxylation sites is 1. The van der Waals surface area contributed by atoms with Crippen molar-refractivity contribution >= 4 is 55.8 Å². The van der Waals surface area contributed by atoms with Gasteiger partial charge in [-0.1, -0.05) is 48.0 Å². The number of carbonyl (C=O) groups is 1. The number of fused-ring (bicyclic) bond motifs is 2. The molecule has 2 aromatic carbocycles. The van der Waals surface area contributed by atoms with E-state index in [0.717, 1.165) is 56.5 Å². The van der Waals surface area contributed by atoms with Gasteiger partial charge in [0.05, 0.1) is 21.9 Å². The number of hydrogen-bond donors (Lipinski definition) is 2. The van der Waals surface area contributed by atoms with Gasteiger partial charge in [0.15, 0.2) is 5.65 Å². The van der Waals surface area contributed by atoms with Crippen LogP contribution in [0.4, 0.5) is 5.82 Å². The van der Waals surface area contributed by atoms with E-state index in [0.29, 0.717) is 18.1 Å². The molecule has 3 aromatic heterocycles. The lowest BCUT2D eigenvalue weighted by Gasteiger charge is -2.33. The van der Waals surface area contributed by atoms with Crippen LogP contribution in [0.2, 0.25) is 5.02 Å².